The number of carbonyl (C=O) groups is 1. The molecule has 134 valence electrons. The van der Waals surface area contributed by atoms with Gasteiger partial charge in [-0.1, -0.05) is 50.2 Å². The molecule has 0 spiro atoms. The largest absolute Gasteiger partial charge is 0.493 e. The van der Waals surface area contributed by atoms with Crippen LogP contribution in [0.4, 0.5) is 0 Å². The quantitative estimate of drug-likeness (QED) is 0.794. The molecule has 0 aliphatic carbocycles. The minimum atomic E-state index is -0.226. The van der Waals surface area contributed by atoms with Crippen molar-refractivity contribution in [3.63, 3.8) is 0 Å². The number of ether oxygens (including phenoxy) is 2. The summed E-state index contributed by atoms with van der Waals surface area (Å²) in [7, 11) is 3.21. The molecule has 2 aromatic rings. The standard InChI is InChI=1S/C21H27NO3/c1-15(2)20(17-10-11-18(24-3)19(14-17)25-4)21(23)22-13-12-16-8-6-5-7-9-16/h5-11,14-15,20H,12-13H2,1-4H3,(H,22,23). The first-order valence-electron chi connectivity index (χ1n) is 8.60. The summed E-state index contributed by atoms with van der Waals surface area (Å²) in [6, 6.07) is 15.8. The van der Waals surface area contributed by atoms with Gasteiger partial charge in [0, 0.05) is 6.54 Å². The number of benzene rings is 2. The number of hydrogen-bond donors (Lipinski definition) is 1. The summed E-state index contributed by atoms with van der Waals surface area (Å²) in [6.45, 7) is 4.73. The summed E-state index contributed by atoms with van der Waals surface area (Å²) in [5, 5.41) is 3.07. The highest BCUT2D eigenvalue weighted by Crippen LogP contribution is 2.33. The predicted octanol–water partition coefficient (Wildman–Crippen LogP) is 3.80. The summed E-state index contributed by atoms with van der Waals surface area (Å²) in [5.74, 6) is 1.30. The third-order valence-corrected chi connectivity index (χ3v) is 4.27. The van der Waals surface area contributed by atoms with E-state index in [0.717, 1.165) is 12.0 Å². The Hall–Kier alpha value is -2.49. The third-order valence-electron chi connectivity index (χ3n) is 4.27. The number of nitrogens with one attached hydrogen (secondary N) is 1. The maximum Gasteiger partial charge on any atom is 0.227 e. The molecule has 2 rings (SSSR count). The van der Waals surface area contributed by atoms with Gasteiger partial charge >= 0.3 is 0 Å². The van der Waals surface area contributed by atoms with Gasteiger partial charge in [-0.2, -0.15) is 0 Å². The second-order valence-corrected chi connectivity index (χ2v) is 6.36. The van der Waals surface area contributed by atoms with Gasteiger partial charge in [0.1, 0.15) is 0 Å². The zero-order valence-corrected chi connectivity index (χ0v) is 15.4. The highest BCUT2D eigenvalue weighted by molar-refractivity contribution is 5.84. The van der Waals surface area contributed by atoms with Crippen LogP contribution in [-0.4, -0.2) is 26.7 Å². The summed E-state index contributed by atoms with van der Waals surface area (Å²) >= 11 is 0. The van der Waals surface area contributed by atoms with Gasteiger partial charge in [-0.3, -0.25) is 4.79 Å². The Labute approximate surface area is 150 Å². The minimum Gasteiger partial charge on any atom is -0.493 e. The van der Waals surface area contributed by atoms with E-state index >= 15 is 0 Å². The molecule has 0 heterocycles. The number of methoxy groups -OCH3 is 2. The molecule has 2 aromatic carbocycles. The van der Waals surface area contributed by atoms with Crippen molar-refractivity contribution in [3.05, 3.63) is 59.7 Å². The fourth-order valence-corrected chi connectivity index (χ4v) is 2.97. The molecule has 25 heavy (non-hydrogen) atoms. The second kappa shape index (κ2) is 9.11. The number of carbonyl (C=O) groups excluding carboxylic acids is 1. The van der Waals surface area contributed by atoms with Gasteiger partial charge in [0.2, 0.25) is 5.91 Å². The molecular weight excluding hydrogens is 314 g/mol. The first kappa shape index (κ1) is 18.8. The molecule has 0 aromatic heterocycles. The highest BCUT2D eigenvalue weighted by atomic mass is 16.5. The molecule has 0 aliphatic heterocycles. The van der Waals surface area contributed by atoms with Crippen LogP contribution in [0.15, 0.2) is 48.5 Å². The SMILES string of the molecule is COc1ccc(C(C(=O)NCCc2ccccc2)C(C)C)cc1OC. The molecular formula is C21H27NO3. The smallest absolute Gasteiger partial charge is 0.227 e. The molecule has 1 amide bonds. The second-order valence-electron chi connectivity index (χ2n) is 6.36. The van der Waals surface area contributed by atoms with Crippen molar-refractivity contribution in [2.75, 3.05) is 20.8 Å². The lowest BCUT2D eigenvalue weighted by Crippen LogP contribution is -2.33. The molecule has 0 fully saturated rings. The lowest BCUT2D eigenvalue weighted by Gasteiger charge is -2.22. The molecule has 0 saturated heterocycles. The molecule has 0 radical (unpaired) electrons. The molecule has 0 saturated carbocycles. The lowest BCUT2D eigenvalue weighted by atomic mass is 9.87. The van der Waals surface area contributed by atoms with Crippen LogP contribution in [0.5, 0.6) is 11.5 Å². The van der Waals surface area contributed by atoms with Crippen LogP contribution in [0.25, 0.3) is 0 Å². The number of amides is 1. The van der Waals surface area contributed by atoms with E-state index in [2.05, 4.69) is 31.3 Å². The zero-order chi connectivity index (χ0) is 18.2. The van der Waals surface area contributed by atoms with E-state index in [1.165, 1.54) is 5.56 Å². The van der Waals surface area contributed by atoms with Crippen molar-refractivity contribution in [2.45, 2.75) is 26.2 Å². The molecule has 4 heteroatoms. The van der Waals surface area contributed by atoms with Crippen LogP contribution in [0.2, 0.25) is 0 Å². The predicted molar refractivity (Wildman–Crippen MR) is 100 cm³/mol. The Morgan fingerprint density at radius 3 is 2.28 bits per heavy atom. The average Bonchev–Trinajstić information content (AvgIpc) is 2.62. The Balaban J connectivity index is 2.07. The molecule has 1 N–H and O–H groups in total. The Bertz CT molecular complexity index is 683. The monoisotopic (exact) mass is 341 g/mol. The number of rotatable bonds is 8. The van der Waals surface area contributed by atoms with Crippen molar-refractivity contribution < 1.29 is 14.3 Å². The van der Waals surface area contributed by atoms with Gasteiger partial charge in [0.25, 0.3) is 0 Å². The van der Waals surface area contributed by atoms with Gasteiger partial charge in [-0.25, -0.2) is 0 Å². The van der Waals surface area contributed by atoms with Crippen molar-refractivity contribution in [3.8, 4) is 11.5 Å². The van der Waals surface area contributed by atoms with Crippen LogP contribution >= 0.6 is 0 Å². The Morgan fingerprint density at radius 1 is 1.00 bits per heavy atom. The van der Waals surface area contributed by atoms with E-state index in [1.807, 2.05) is 36.4 Å². The van der Waals surface area contributed by atoms with Gasteiger partial charge in [-0.05, 0) is 35.6 Å². The van der Waals surface area contributed by atoms with E-state index in [1.54, 1.807) is 14.2 Å². The maximum atomic E-state index is 12.7. The molecule has 1 atom stereocenters. The summed E-state index contributed by atoms with van der Waals surface area (Å²) < 4.78 is 10.6. The third kappa shape index (κ3) is 4.99. The molecule has 1 unspecified atom stereocenters. The molecule has 0 aliphatic rings. The van der Waals surface area contributed by atoms with E-state index in [-0.39, 0.29) is 17.7 Å². The van der Waals surface area contributed by atoms with E-state index in [0.29, 0.717) is 18.0 Å². The van der Waals surface area contributed by atoms with Crippen LogP contribution in [0, 0.1) is 5.92 Å². The van der Waals surface area contributed by atoms with Crippen LogP contribution in [-0.2, 0) is 11.2 Å². The van der Waals surface area contributed by atoms with E-state index < -0.39 is 0 Å². The van der Waals surface area contributed by atoms with E-state index in [9.17, 15) is 4.79 Å². The normalized spacial score (nSPS) is 11.9. The van der Waals surface area contributed by atoms with Gasteiger partial charge in [-0.15, -0.1) is 0 Å². The zero-order valence-electron chi connectivity index (χ0n) is 15.4. The van der Waals surface area contributed by atoms with Crippen LogP contribution in [0.1, 0.15) is 30.9 Å². The number of hydrogen-bond acceptors (Lipinski definition) is 3. The van der Waals surface area contributed by atoms with Crippen molar-refractivity contribution in [1.82, 2.24) is 5.32 Å². The van der Waals surface area contributed by atoms with Crippen LogP contribution in [0.3, 0.4) is 0 Å². The van der Waals surface area contributed by atoms with E-state index in [4.69, 9.17) is 9.47 Å². The maximum absolute atomic E-state index is 12.7. The summed E-state index contributed by atoms with van der Waals surface area (Å²) in [6.07, 6.45) is 0.823. The van der Waals surface area contributed by atoms with Crippen molar-refractivity contribution >= 4 is 5.91 Å². The molecule has 4 nitrogen and oxygen atoms in total. The summed E-state index contributed by atoms with van der Waals surface area (Å²) in [5.41, 5.74) is 2.15. The lowest BCUT2D eigenvalue weighted by molar-refractivity contribution is -0.123. The highest BCUT2D eigenvalue weighted by Gasteiger charge is 2.25. The fourth-order valence-electron chi connectivity index (χ4n) is 2.97. The van der Waals surface area contributed by atoms with Crippen molar-refractivity contribution in [2.24, 2.45) is 5.92 Å². The Kier molecular flexibility index (Phi) is 6.87. The fraction of sp³-hybridized carbons (Fsp3) is 0.381. The van der Waals surface area contributed by atoms with Gasteiger partial charge < -0.3 is 14.8 Å². The van der Waals surface area contributed by atoms with Gasteiger partial charge in [0.15, 0.2) is 11.5 Å². The topological polar surface area (TPSA) is 47.6 Å². The van der Waals surface area contributed by atoms with Crippen molar-refractivity contribution in [1.29, 1.82) is 0 Å². The molecule has 0 bridgehead atoms. The van der Waals surface area contributed by atoms with Gasteiger partial charge in [0.05, 0.1) is 20.1 Å². The first-order chi connectivity index (χ1) is 12.1. The summed E-state index contributed by atoms with van der Waals surface area (Å²) in [4.78, 5) is 12.7. The average molecular weight is 341 g/mol. The minimum absolute atomic E-state index is 0.0400. The van der Waals surface area contributed by atoms with Crippen LogP contribution < -0.4 is 14.8 Å². The first-order valence-corrected chi connectivity index (χ1v) is 8.60. The Morgan fingerprint density at radius 2 is 1.68 bits per heavy atom.